The molecule has 3 N–H and O–H groups in total. The molecule has 16 heavy (non-hydrogen) atoms. The Morgan fingerprint density at radius 3 is 2.75 bits per heavy atom. The summed E-state index contributed by atoms with van der Waals surface area (Å²) in [6.07, 6.45) is 2.95. The number of hydrogen-bond acceptors (Lipinski definition) is 4. The van der Waals surface area contributed by atoms with E-state index < -0.39 is 5.60 Å². The fourth-order valence-electron chi connectivity index (χ4n) is 1.91. The number of rotatable bonds is 2. The van der Waals surface area contributed by atoms with Crippen LogP contribution in [0.1, 0.15) is 40.0 Å². The van der Waals surface area contributed by atoms with Crippen molar-refractivity contribution in [2.24, 2.45) is 5.84 Å². The largest absolute Gasteiger partial charge is 0.444 e. The van der Waals surface area contributed by atoms with Crippen molar-refractivity contribution in [3.8, 4) is 0 Å². The highest BCUT2D eigenvalue weighted by Gasteiger charge is 2.29. The monoisotopic (exact) mass is 229 g/mol. The predicted octanol–water partition coefficient (Wildman–Crippen LogP) is 1.24. The van der Waals surface area contributed by atoms with E-state index in [1.807, 2.05) is 20.8 Å². The molecule has 94 valence electrons. The van der Waals surface area contributed by atoms with Crippen LogP contribution in [0.15, 0.2) is 0 Å². The second kappa shape index (κ2) is 5.50. The smallest absolute Gasteiger partial charge is 0.410 e. The molecule has 0 bridgehead atoms. The Balaban J connectivity index is 2.57. The van der Waals surface area contributed by atoms with E-state index in [4.69, 9.17) is 10.6 Å². The first-order valence-corrected chi connectivity index (χ1v) is 5.87. The zero-order valence-electron chi connectivity index (χ0n) is 10.5. The summed E-state index contributed by atoms with van der Waals surface area (Å²) >= 11 is 0. The maximum Gasteiger partial charge on any atom is 0.410 e. The normalized spacial score (nSPS) is 22.0. The minimum atomic E-state index is -0.435. The summed E-state index contributed by atoms with van der Waals surface area (Å²) in [5.74, 6) is 5.32. The van der Waals surface area contributed by atoms with Crippen LogP contribution < -0.4 is 11.3 Å². The van der Waals surface area contributed by atoms with E-state index in [0.717, 1.165) is 25.8 Å². The van der Waals surface area contributed by atoms with Gasteiger partial charge in [-0.3, -0.25) is 11.3 Å². The fraction of sp³-hybridized carbons (Fsp3) is 0.909. The highest BCUT2D eigenvalue weighted by Crippen LogP contribution is 2.19. The summed E-state index contributed by atoms with van der Waals surface area (Å²) in [6, 6.07) is 0.161. The molecule has 1 heterocycles. The number of hydrazine groups is 1. The molecule has 0 aromatic carbocycles. The SMILES string of the molecule is CC(C)(C)OC(=O)N1CCCC[C@@H]1CNN. The molecule has 1 saturated heterocycles. The average Bonchev–Trinajstić information content (AvgIpc) is 2.16. The topological polar surface area (TPSA) is 67.6 Å². The second-order valence-electron chi connectivity index (χ2n) is 5.23. The summed E-state index contributed by atoms with van der Waals surface area (Å²) in [5.41, 5.74) is 2.20. The summed E-state index contributed by atoms with van der Waals surface area (Å²) < 4.78 is 5.37. The van der Waals surface area contributed by atoms with Crippen LogP contribution in [-0.4, -0.2) is 35.7 Å². The van der Waals surface area contributed by atoms with Crippen LogP contribution in [0.2, 0.25) is 0 Å². The van der Waals surface area contributed by atoms with Gasteiger partial charge in [-0.2, -0.15) is 0 Å². The minimum absolute atomic E-state index is 0.161. The van der Waals surface area contributed by atoms with E-state index in [0.29, 0.717) is 6.54 Å². The van der Waals surface area contributed by atoms with Crippen LogP contribution in [0.25, 0.3) is 0 Å². The van der Waals surface area contributed by atoms with Crippen LogP contribution in [0.4, 0.5) is 4.79 Å². The van der Waals surface area contributed by atoms with E-state index in [2.05, 4.69) is 5.43 Å². The first kappa shape index (κ1) is 13.3. The average molecular weight is 229 g/mol. The highest BCUT2D eigenvalue weighted by molar-refractivity contribution is 5.68. The van der Waals surface area contributed by atoms with Crippen LogP contribution in [0.3, 0.4) is 0 Å². The molecule has 1 fully saturated rings. The van der Waals surface area contributed by atoms with Crippen LogP contribution in [-0.2, 0) is 4.74 Å². The summed E-state index contributed by atoms with van der Waals surface area (Å²) in [6.45, 7) is 7.03. The fourth-order valence-corrected chi connectivity index (χ4v) is 1.91. The van der Waals surface area contributed by atoms with Gasteiger partial charge in [0.1, 0.15) is 5.60 Å². The van der Waals surface area contributed by atoms with Crippen molar-refractivity contribution in [1.29, 1.82) is 0 Å². The quantitative estimate of drug-likeness (QED) is 0.552. The molecule has 0 unspecified atom stereocenters. The summed E-state index contributed by atoms with van der Waals surface area (Å²) in [7, 11) is 0. The standard InChI is InChI=1S/C11H23N3O2/c1-11(2,3)16-10(15)14-7-5-4-6-9(14)8-13-12/h9,13H,4-8,12H2,1-3H3/t9-/m1/s1. The third-order valence-electron chi connectivity index (χ3n) is 2.61. The molecule has 0 spiro atoms. The number of nitrogens with one attached hydrogen (secondary N) is 1. The van der Waals surface area contributed by atoms with Gasteiger partial charge in [0.15, 0.2) is 0 Å². The Morgan fingerprint density at radius 1 is 1.50 bits per heavy atom. The van der Waals surface area contributed by atoms with Crippen LogP contribution >= 0.6 is 0 Å². The van der Waals surface area contributed by atoms with Crippen molar-refractivity contribution in [1.82, 2.24) is 10.3 Å². The van der Waals surface area contributed by atoms with Gasteiger partial charge in [-0.25, -0.2) is 4.79 Å². The third-order valence-corrected chi connectivity index (χ3v) is 2.61. The van der Waals surface area contributed by atoms with Gasteiger partial charge in [0.05, 0.1) is 0 Å². The number of ether oxygens (including phenoxy) is 1. The van der Waals surface area contributed by atoms with E-state index in [9.17, 15) is 4.79 Å². The van der Waals surface area contributed by atoms with Gasteiger partial charge in [-0.05, 0) is 40.0 Å². The maximum absolute atomic E-state index is 11.9. The van der Waals surface area contributed by atoms with Crippen molar-refractivity contribution < 1.29 is 9.53 Å². The van der Waals surface area contributed by atoms with E-state index in [1.165, 1.54) is 0 Å². The molecule has 1 rings (SSSR count). The third kappa shape index (κ3) is 3.98. The number of carbonyl (C=O) groups excluding carboxylic acids is 1. The first-order chi connectivity index (χ1) is 7.44. The molecule has 0 aliphatic carbocycles. The molecular weight excluding hydrogens is 206 g/mol. The van der Waals surface area contributed by atoms with Crippen molar-refractivity contribution >= 4 is 6.09 Å². The molecule has 1 atom stereocenters. The second-order valence-corrected chi connectivity index (χ2v) is 5.23. The predicted molar refractivity (Wildman–Crippen MR) is 62.8 cm³/mol. The van der Waals surface area contributed by atoms with Gasteiger partial charge in [-0.1, -0.05) is 0 Å². The molecule has 5 nitrogen and oxygen atoms in total. The molecule has 0 saturated carbocycles. The van der Waals surface area contributed by atoms with Crippen molar-refractivity contribution in [2.75, 3.05) is 13.1 Å². The van der Waals surface area contributed by atoms with Crippen LogP contribution in [0.5, 0.6) is 0 Å². The Hall–Kier alpha value is -0.810. The first-order valence-electron chi connectivity index (χ1n) is 5.87. The lowest BCUT2D eigenvalue weighted by Crippen LogP contribution is -2.51. The highest BCUT2D eigenvalue weighted by atomic mass is 16.6. The summed E-state index contributed by atoms with van der Waals surface area (Å²) in [5, 5.41) is 0. The number of nitrogens with two attached hydrogens (primary N) is 1. The Morgan fingerprint density at radius 2 is 2.19 bits per heavy atom. The molecule has 0 aromatic heterocycles. The minimum Gasteiger partial charge on any atom is -0.444 e. The molecule has 1 aliphatic rings. The van der Waals surface area contributed by atoms with E-state index >= 15 is 0 Å². The molecule has 1 amide bonds. The number of likely N-dealkylation sites (tertiary alicyclic amines) is 1. The molecule has 5 heteroatoms. The van der Waals surface area contributed by atoms with Gasteiger partial charge in [0.2, 0.25) is 0 Å². The molecular formula is C11H23N3O2. The van der Waals surface area contributed by atoms with Gasteiger partial charge in [-0.15, -0.1) is 0 Å². The lowest BCUT2D eigenvalue weighted by Gasteiger charge is -2.36. The van der Waals surface area contributed by atoms with Crippen molar-refractivity contribution in [3.05, 3.63) is 0 Å². The van der Waals surface area contributed by atoms with Gasteiger partial charge < -0.3 is 9.64 Å². The lowest BCUT2D eigenvalue weighted by atomic mass is 10.0. The Labute approximate surface area is 97.3 Å². The van der Waals surface area contributed by atoms with E-state index in [-0.39, 0.29) is 12.1 Å². The Bertz CT molecular complexity index is 236. The summed E-state index contributed by atoms with van der Waals surface area (Å²) in [4.78, 5) is 13.7. The lowest BCUT2D eigenvalue weighted by molar-refractivity contribution is 0.01000. The maximum atomic E-state index is 11.9. The van der Waals surface area contributed by atoms with Gasteiger partial charge in [0, 0.05) is 19.1 Å². The molecule has 0 radical (unpaired) electrons. The number of nitrogens with zero attached hydrogens (tertiary/aromatic N) is 1. The zero-order valence-corrected chi connectivity index (χ0v) is 10.5. The number of carbonyl (C=O) groups is 1. The molecule has 1 aliphatic heterocycles. The number of piperidine rings is 1. The van der Waals surface area contributed by atoms with Gasteiger partial charge in [0.25, 0.3) is 0 Å². The van der Waals surface area contributed by atoms with Crippen LogP contribution in [0, 0.1) is 0 Å². The van der Waals surface area contributed by atoms with Crippen molar-refractivity contribution in [2.45, 2.75) is 51.7 Å². The van der Waals surface area contributed by atoms with Gasteiger partial charge >= 0.3 is 6.09 Å². The number of amides is 1. The zero-order chi connectivity index (χ0) is 12.2. The Kier molecular flexibility index (Phi) is 4.56. The number of hydrogen-bond donors (Lipinski definition) is 2. The molecule has 0 aromatic rings. The van der Waals surface area contributed by atoms with E-state index in [1.54, 1.807) is 4.90 Å². The van der Waals surface area contributed by atoms with Crippen molar-refractivity contribution in [3.63, 3.8) is 0 Å².